The van der Waals surface area contributed by atoms with Crippen LogP contribution in [-0.2, 0) is 16.5 Å². The first-order valence-corrected chi connectivity index (χ1v) is 4.26. The topological polar surface area (TPSA) is 49.4 Å². The molecule has 0 heterocycles. The Labute approximate surface area is 94.3 Å². The van der Waals surface area contributed by atoms with Gasteiger partial charge in [0.15, 0.2) is 0 Å². The zero-order valence-electron chi connectivity index (χ0n) is 8.44. The van der Waals surface area contributed by atoms with Crippen LogP contribution in [0.2, 0.25) is 0 Å². The van der Waals surface area contributed by atoms with Crippen LogP contribution in [0.15, 0.2) is 12.1 Å². The molecule has 0 amide bonds. The molecule has 0 radical (unpaired) electrons. The number of nitrogens with zero attached hydrogens (tertiary/aromatic N) is 1. The van der Waals surface area contributed by atoms with Crippen LogP contribution in [0.4, 0.5) is 5.69 Å². The fraction of sp³-hybridized carbons (Fsp3) is 0.400. The normalized spacial score (nSPS) is 9.36. The van der Waals surface area contributed by atoms with Crippen molar-refractivity contribution in [2.75, 3.05) is 18.5 Å². The zero-order chi connectivity index (χ0) is 10.0. The summed E-state index contributed by atoms with van der Waals surface area (Å²) in [5, 5.41) is 22.7. The summed E-state index contributed by atoms with van der Waals surface area (Å²) in [6.45, 7) is 4.31. The molecule has 0 saturated heterocycles. The molecule has 0 aliphatic heterocycles. The third kappa shape index (κ3) is 2.32. The van der Waals surface area contributed by atoms with E-state index in [1.807, 2.05) is 6.92 Å². The number of rotatable bonds is 2. The second kappa shape index (κ2) is 5.11. The molecule has 3 nitrogen and oxygen atoms in total. The summed E-state index contributed by atoms with van der Waals surface area (Å²) >= 11 is 0. The van der Waals surface area contributed by atoms with Gasteiger partial charge < -0.3 is 15.1 Å². The molecule has 0 N–H and O–H groups in total. The van der Waals surface area contributed by atoms with E-state index in [2.05, 4.69) is 0 Å². The van der Waals surface area contributed by atoms with E-state index in [9.17, 15) is 10.2 Å². The van der Waals surface area contributed by atoms with E-state index >= 15 is 0 Å². The summed E-state index contributed by atoms with van der Waals surface area (Å²) in [6.07, 6.45) is 0. The van der Waals surface area contributed by atoms with Crippen molar-refractivity contribution in [2.45, 2.75) is 13.8 Å². The van der Waals surface area contributed by atoms with Crippen molar-refractivity contribution in [3.63, 3.8) is 0 Å². The Morgan fingerprint density at radius 1 is 1.21 bits per heavy atom. The van der Waals surface area contributed by atoms with Crippen molar-refractivity contribution in [3.05, 3.63) is 17.7 Å². The zero-order valence-corrected chi connectivity index (χ0v) is 9.43. The van der Waals surface area contributed by atoms with Gasteiger partial charge in [-0.2, -0.15) is 0 Å². The maximum Gasteiger partial charge on any atom is 2.00 e. The molecule has 0 saturated carbocycles. The molecule has 1 aromatic carbocycles. The third-order valence-electron chi connectivity index (χ3n) is 2.17. The Morgan fingerprint density at radius 2 is 1.79 bits per heavy atom. The number of hydrogen-bond donors (Lipinski definition) is 0. The molecule has 1 aromatic rings. The van der Waals surface area contributed by atoms with Crippen molar-refractivity contribution in [1.82, 2.24) is 0 Å². The van der Waals surface area contributed by atoms with Crippen molar-refractivity contribution < 1.29 is 26.7 Å². The summed E-state index contributed by atoms with van der Waals surface area (Å²) in [4.78, 5) is 1.77. The van der Waals surface area contributed by atoms with Gasteiger partial charge in [0.05, 0.1) is 0 Å². The first kappa shape index (κ1) is 13.1. The van der Waals surface area contributed by atoms with Crippen molar-refractivity contribution in [3.8, 4) is 11.5 Å². The second-order valence-corrected chi connectivity index (χ2v) is 3.07. The maximum atomic E-state index is 11.4. The summed E-state index contributed by atoms with van der Waals surface area (Å²) in [5.74, 6) is -0.790. The van der Waals surface area contributed by atoms with Gasteiger partial charge in [-0.25, -0.2) is 0 Å². The van der Waals surface area contributed by atoms with Gasteiger partial charge >= 0.3 is 16.5 Å². The quantitative estimate of drug-likeness (QED) is 0.708. The Morgan fingerprint density at radius 3 is 2.29 bits per heavy atom. The molecule has 0 atom stereocenters. The summed E-state index contributed by atoms with van der Waals surface area (Å²) in [5.41, 5.74) is 0.997. The number of hydrogen-bond acceptors (Lipinski definition) is 3. The van der Waals surface area contributed by atoms with Crippen molar-refractivity contribution in [2.24, 2.45) is 0 Å². The van der Waals surface area contributed by atoms with Gasteiger partial charge in [0.25, 0.3) is 0 Å². The van der Waals surface area contributed by atoms with Crippen LogP contribution in [-0.4, -0.2) is 13.6 Å². The van der Waals surface area contributed by atoms with Crippen LogP contribution in [0.25, 0.3) is 0 Å². The van der Waals surface area contributed by atoms with Gasteiger partial charge in [-0.05, 0) is 19.9 Å². The average molecular weight is 238 g/mol. The minimum atomic E-state index is -0.399. The predicted molar refractivity (Wildman–Crippen MR) is 49.0 cm³/mol. The molecule has 0 aromatic heterocycles. The van der Waals surface area contributed by atoms with Crippen LogP contribution in [0, 0.1) is 6.92 Å². The number of aryl methyl sites for hydroxylation is 1. The molecule has 80 valence electrons. The molecule has 0 unspecified atom stereocenters. The van der Waals surface area contributed by atoms with Crippen LogP contribution in [0.5, 0.6) is 11.5 Å². The van der Waals surface area contributed by atoms with E-state index in [-0.39, 0.29) is 16.5 Å². The molecule has 0 aliphatic carbocycles. The van der Waals surface area contributed by atoms with E-state index in [1.54, 1.807) is 31.0 Å². The van der Waals surface area contributed by atoms with Crippen LogP contribution in [0.3, 0.4) is 0 Å². The molecule has 14 heavy (non-hydrogen) atoms. The van der Waals surface area contributed by atoms with Crippen LogP contribution < -0.4 is 15.1 Å². The Balaban J connectivity index is 0.00000169. The SMILES string of the molecule is CCN(C)c1ccc(C)c([O-])c1[O-].[Ni+2]. The molecule has 1 rings (SSSR count). The Kier molecular flexibility index (Phi) is 4.79. The fourth-order valence-corrected chi connectivity index (χ4v) is 1.12. The van der Waals surface area contributed by atoms with Gasteiger partial charge in [-0.3, -0.25) is 0 Å². The van der Waals surface area contributed by atoms with Crippen molar-refractivity contribution >= 4 is 5.69 Å². The van der Waals surface area contributed by atoms with E-state index in [0.29, 0.717) is 11.3 Å². The number of anilines is 1. The minimum absolute atomic E-state index is 0. The smallest absolute Gasteiger partial charge is 0.873 e. The first-order chi connectivity index (χ1) is 6.07. The van der Waals surface area contributed by atoms with Gasteiger partial charge in [-0.15, -0.1) is 5.75 Å². The summed E-state index contributed by atoms with van der Waals surface area (Å²) in [7, 11) is 1.80. The summed E-state index contributed by atoms with van der Waals surface area (Å²) < 4.78 is 0. The van der Waals surface area contributed by atoms with Gasteiger partial charge in [0.2, 0.25) is 0 Å². The van der Waals surface area contributed by atoms with Gasteiger partial charge in [0.1, 0.15) is 0 Å². The standard InChI is InChI=1S/C10H15NO2.Ni/c1-4-11(3)8-6-5-7(2)9(12)10(8)13;/h5-6,12-13H,4H2,1-3H3;/q;+2/p-2. The van der Waals surface area contributed by atoms with Gasteiger partial charge in [-0.1, -0.05) is 17.4 Å². The van der Waals surface area contributed by atoms with E-state index in [0.717, 1.165) is 6.54 Å². The molecule has 0 bridgehead atoms. The predicted octanol–water partition coefficient (Wildman–Crippen LogP) is 0.596. The monoisotopic (exact) mass is 237 g/mol. The molecular formula is C10H13NNiO2. The minimum Gasteiger partial charge on any atom is -0.873 e. The molecule has 0 spiro atoms. The Hall–Kier alpha value is -0.886. The summed E-state index contributed by atoms with van der Waals surface area (Å²) in [6, 6.07) is 3.38. The molecule has 4 heteroatoms. The number of benzene rings is 1. The van der Waals surface area contributed by atoms with Gasteiger partial charge in [0, 0.05) is 19.3 Å². The van der Waals surface area contributed by atoms with E-state index in [1.165, 1.54) is 0 Å². The van der Waals surface area contributed by atoms with E-state index in [4.69, 9.17) is 0 Å². The van der Waals surface area contributed by atoms with E-state index < -0.39 is 11.5 Å². The van der Waals surface area contributed by atoms with Crippen LogP contribution in [0.1, 0.15) is 12.5 Å². The third-order valence-corrected chi connectivity index (χ3v) is 2.17. The molecule has 0 aliphatic rings. The van der Waals surface area contributed by atoms with Crippen LogP contribution >= 0.6 is 0 Å². The van der Waals surface area contributed by atoms with Crippen molar-refractivity contribution in [1.29, 1.82) is 0 Å². The molecule has 0 fully saturated rings. The Bertz CT molecular complexity index is 315. The first-order valence-electron chi connectivity index (χ1n) is 4.26. The largest absolute Gasteiger partial charge is 2.00 e. The second-order valence-electron chi connectivity index (χ2n) is 3.07. The maximum absolute atomic E-state index is 11.4. The average Bonchev–Trinajstić information content (AvgIpc) is 2.13. The molecular weight excluding hydrogens is 225 g/mol. The fourth-order valence-electron chi connectivity index (χ4n) is 1.12.